The number of benzene rings is 4. The summed E-state index contributed by atoms with van der Waals surface area (Å²) in [6, 6.07) is 29.3. The van der Waals surface area contributed by atoms with Crippen LogP contribution in [0, 0.1) is 13.8 Å². The maximum Gasteiger partial charge on any atom is 0.264 e. The average molecular weight is 642 g/mol. The van der Waals surface area contributed by atoms with Crippen molar-refractivity contribution in [1.82, 2.24) is 10.2 Å². The van der Waals surface area contributed by atoms with Gasteiger partial charge in [0.05, 0.1) is 17.7 Å². The van der Waals surface area contributed by atoms with Crippen LogP contribution in [-0.2, 0) is 32.6 Å². The highest BCUT2D eigenvalue weighted by Crippen LogP contribution is 2.26. The Morgan fingerprint density at radius 2 is 1.43 bits per heavy atom. The first-order valence-electron chi connectivity index (χ1n) is 15.4. The van der Waals surface area contributed by atoms with Crippen LogP contribution < -0.4 is 14.4 Å². The summed E-state index contributed by atoms with van der Waals surface area (Å²) in [5.41, 5.74) is 3.83. The molecule has 0 bridgehead atoms. The Bertz CT molecular complexity index is 1710. The van der Waals surface area contributed by atoms with Crippen LogP contribution in [-0.4, -0.2) is 50.9 Å². The van der Waals surface area contributed by atoms with Gasteiger partial charge in [-0.15, -0.1) is 0 Å². The molecule has 0 radical (unpaired) electrons. The van der Waals surface area contributed by atoms with E-state index in [1.165, 1.54) is 4.90 Å². The molecule has 2 amide bonds. The van der Waals surface area contributed by atoms with Gasteiger partial charge in [0, 0.05) is 19.0 Å². The van der Waals surface area contributed by atoms with Gasteiger partial charge in [0.2, 0.25) is 11.8 Å². The number of methoxy groups -OCH3 is 1. The van der Waals surface area contributed by atoms with Gasteiger partial charge >= 0.3 is 0 Å². The summed E-state index contributed by atoms with van der Waals surface area (Å²) in [4.78, 5) is 30.1. The predicted octanol–water partition coefficient (Wildman–Crippen LogP) is 6.06. The maximum atomic E-state index is 14.6. The van der Waals surface area contributed by atoms with Crippen LogP contribution in [0.4, 0.5) is 5.69 Å². The second kappa shape index (κ2) is 15.6. The lowest BCUT2D eigenvalue weighted by atomic mass is 10.0. The molecule has 9 heteroatoms. The summed E-state index contributed by atoms with van der Waals surface area (Å²) < 4.78 is 34.9. The Labute approximate surface area is 273 Å². The van der Waals surface area contributed by atoms with Crippen molar-refractivity contribution in [2.75, 3.05) is 18.0 Å². The van der Waals surface area contributed by atoms with Crippen LogP contribution >= 0.6 is 0 Å². The Kier molecular flexibility index (Phi) is 11.6. The smallest absolute Gasteiger partial charge is 0.264 e. The lowest BCUT2D eigenvalue weighted by Crippen LogP contribution is -2.54. The standard InChI is InChI=1S/C37H43N3O5S/c1-6-29(4)38-37(42)35(24-30-11-8-7-9-12-30)39(25-31-13-10-14-33(23-31)45-5)36(41)26-40(32-19-15-27(2)16-20-32)46(43,44)34-21-17-28(3)18-22-34/h7-23,29,35H,6,24-26H2,1-5H3,(H,38,42)/t29-,35+/m1/s1. The first kappa shape index (κ1) is 34.2. The number of hydrogen-bond donors (Lipinski definition) is 1. The van der Waals surface area contributed by atoms with Gasteiger partial charge in [0.25, 0.3) is 10.0 Å². The first-order valence-corrected chi connectivity index (χ1v) is 16.9. The molecular formula is C37H43N3O5S. The van der Waals surface area contributed by atoms with Crippen LogP contribution in [0.15, 0.2) is 108 Å². The third-order valence-electron chi connectivity index (χ3n) is 7.97. The maximum absolute atomic E-state index is 14.6. The molecule has 8 nitrogen and oxygen atoms in total. The molecule has 46 heavy (non-hydrogen) atoms. The molecule has 4 aromatic carbocycles. The second-order valence-corrected chi connectivity index (χ2v) is 13.4. The summed E-state index contributed by atoms with van der Waals surface area (Å²) in [6.45, 7) is 7.24. The molecule has 0 aliphatic rings. The minimum atomic E-state index is -4.16. The number of amides is 2. The van der Waals surface area contributed by atoms with Crippen molar-refractivity contribution in [1.29, 1.82) is 0 Å². The number of nitrogens with zero attached hydrogens (tertiary/aromatic N) is 2. The number of carbonyl (C=O) groups is 2. The molecule has 0 spiro atoms. The Hall–Kier alpha value is -4.63. The SMILES string of the molecule is CC[C@@H](C)NC(=O)[C@H](Cc1ccccc1)N(Cc1cccc(OC)c1)C(=O)CN(c1ccc(C)cc1)S(=O)(=O)c1ccc(C)cc1. The van der Waals surface area contributed by atoms with E-state index in [0.29, 0.717) is 17.9 Å². The molecule has 4 aromatic rings. The zero-order chi connectivity index (χ0) is 33.3. The molecule has 242 valence electrons. The first-order chi connectivity index (χ1) is 22.0. The predicted molar refractivity (Wildman–Crippen MR) is 182 cm³/mol. The molecule has 1 N–H and O–H groups in total. The number of hydrogen-bond acceptors (Lipinski definition) is 5. The fourth-order valence-corrected chi connectivity index (χ4v) is 6.45. The lowest BCUT2D eigenvalue weighted by molar-refractivity contribution is -0.140. The number of aryl methyl sites for hydroxylation is 2. The third kappa shape index (κ3) is 8.75. The molecule has 4 rings (SSSR count). The van der Waals surface area contributed by atoms with Crippen LogP contribution in [0.3, 0.4) is 0 Å². The van der Waals surface area contributed by atoms with Crippen LogP contribution in [0.1, 0.15) is 42.5 Å². The fourth-order valence-electron chi connectivity index (χ4n) is 5.04. The Morgan fingerprint density at radius 3 is 2.04 bits per heavy atom. The molecule has 2 atom stereocenters. The molecule has 0 saturated carbocycles. The van der Waals surface area contributed by atoms with Gasteiger partial charge in [-0.2, -0.15) is 0 Å². The molecule has 0 fully saturated rings. The minimum absolute atomic E-state index is 0.0633. The summed E-state index contributed by atoms with van der Waals surface area (Å²) in [6.07, 6.45) is 0.956. The Morgan fingerprint density at radius 1 is 0.826 bits per heavy atom. The van der Waals surface area contributed by atoms with Crippen LogP contribution in [0.2, 0.25) is 0 Å². The number of ether oxygens (including phenoxy) is 1. The number of nitrogens with one attached hydrogen (secondary N) is 1. The normalized spacial score (nSPS) is 12.5. The van der Waals surface area contributed by atoms with Crippen molar-refractivity contribution >= 4 is 27.5 Å². The number of rotatable bonds is 14. The molecule has 0 aliphatic carbocycles. The van der Waals surface area contributed by atoms with Crippen molar-refractivity contribution in [3.8, 4) is 5.75 Å². The van der Waals surface area contributed by atoms with E-state index in [0.717, 1.165) is 26.6 Å². The molecule has 0 aliphatic heterocycles. The minimum Gasteiger partial charge on any atom is -0.497 e. The van der Waals surface area contributed by atoms with Gasteiger partial charge in [-0.25, -0.2) is 8.42 Å². The lowest BCUT2D eigenvalue weighted by Gasteiger charge is -2.34. The van der Waals surface area contributed by atoms with Gasteiger partial charge in [-0.05, 0) is 74.7 Å². The summed E-state index contributed by atoms with van der Waals surface area (Å²) in [7, 11) is -2.59. The zero-order valence-corrected chi connectivity index (χ0v) is 28.0. The molecule has 0 unspecified atom stereocenters. The average Bonchev–Trinajstić information content (AvgIpc) is 3.06. The van der Waals surface area contributed by atoms with Gasteiger partial charge in [0.1, 0.15) is 18.3 Å². The monoisotopic (exact) mass is 641 g/mol. The van der Waals surface area contributed by atoms with Gasteiger partial charge < -0.3 is 15.0 Å². The van der Waals surface area contributed by atoms with Crippen molar-refractivity contribution < 1.29 is 22.7 Å². The van der Waals surface area contributed by atoms with E-state index in [2.05, 4.69) is 5.32 Å². The highest BCUT2D eigenvalue weighted by atomic mass is 32.2. The zero-order valence-electron chi connectivity index (χ0n) is 27.1. The number of carbonyl (C=O) groups excluding carboxylic acids is 2. The van der Waals surface area contributed by atoms with Crippen molar-refractivity contribution in [2.24, 2.45) is 0 Å². The van der Waals surface area contributed by atoms with Crippen molar-refractivity contribution in [2.45, 2.75) is 64.1 Å². The van der Waals surface area contributed by atoms with Crippen molar-refractivity contribution in [3.05, 3.63) is 125 Å². The van der Waals surface area contributed by atoms with E-state index in [-0.39, 0.29) is 29.8 Å². The highest BCUT2D eigenvalue weighted by molar-refractivity contribution is 7.92. The Balaban J connectivity index is 1.81. The largest absolute Gasteiger partial charge is 0.497 e. The summed E-state index contributed by atoms with van der Waals surface area (Å²) >= 11 is 0. The van der Waals surface area contributed by atoms with E-state index < -0.39 is 28.5 Å². The molecule has 0 aromatic heterocycles. The number of sulfonamides is 1. The van der Waals surface area contributed by atoms with E-state index in [4.69, 9.17) is 4.74 Å². The van der Waals surface area contributed by atoms with E-state index in [9.17, 15) is 18.0 Å². The van der Waals surface area contributed by atoms with E-state index >= 15 is 0 Å². The van der Waals surface area contributed by atoms with Gasteiger partial charge in [-0.3, -0.25) is 13.9 Å². The molecule has 0 saturated heterocycles. The van der Waals surface area contributed by atoms with Crippen LogP contribution in [0.25, 0.3) is 0 Å². The van der Waals surface area contributed by atoms with Gasteiger partial charge in [0.15, 0.2) is 0 Å². The highest BCUT2D eigenvalue weighted by Gasteiger charge is 2.35. The van der Waals surface area contributed by atoms with Crippen molar-refractivity contribution in [3.63, 3.8) is 0 Å². The third-order valence-corrected chi connectivity index (χ3v) is 9.76. The van der Waals surface area contributed by atoms with Crippen LogP contribution in [0.5, 0.6) is 5.75 Å². The quantitative estimate of drug-likeness (QED) is 0.181. The van der Waals surface area contributed by atoms with E-state index in [1.54, 1.807) is 49.6 Å². The topological polar surface area (TPSA) is 96.0 Å². The fraction of sp³-hybridized carbons (Fsp3) is 0.297. The molecule has 0 heterocycles. The van der Waals surface area contributed by atoms with Gasteiger partial charge in [-0.1, -0.05) is 84.8 Å². The number of anilines is 1. The summed E-state index contributed by atoms with van der Waals surface area (Å²) in [5, 5.41) is 3.06. The summed E-state index contributed by atoms with van der Waals surface area (Å²) in [5.74, 6) is -0.214. The van der Waals surface area contributed by atoms with E-state index in [1.807, 2.05) is 88.4 Å². The molecular weight excluding hydrogens is 598 g/mol. The second-order valence-electron chi connectivity index (χ2n) is 11.6.